The molecule has 2 heterocycles. The number of fused-ring (bicyclic) bond motifs is 1. The molecule has 0 aromatic carbocycles. The van der Waals surface area contributed by atoms with Gasteiger partial charge in [0.05, 0.1) is 16.6 Å². The molecule has 0 aliphatic heterocycles. The van der Waals surface area contributed by atoms with E-state index >= 15 is 0 Å². The van der Waals surface area contributed by atoms with E-state index in [4.69, 9.17) is 0 Å². The van der Waals surface area contributed by atoms with Gasteiger partial charge < -0.3 is 9.88 Å². The van der Waals surface area contributed by atoms with Crippen LogP contribution in [-0.4, -0.2) is 22.0 Å². The predicted octanol–water partition coefficient (Wildman–Crippen LogP) is 3.39. The summed E-state index contributed by atoms with van der Waals surface area (Å²) in [6.45, 7) is 4.71. The lowest BCUT2D eigenvalue weighted by molar-refractivity contribution is 0.0956. The van der Waals surface area contributed by atoms with Crippen LogP contribution in [0.15, 0.2) is 11.1 Å². The number of thiophene rings is 1. The molecule has 6 heteroatoms. The van der Waals surface area contributed by atoms with Crippen LogP contribution in [-0.2, 0) is 7.05 Å². The third kappa shape index (κ3) is 4.19. The first-order chi connectivity index (χ1) is 11.1. The van der Waals surface area contributed by atoms with Crippen molar-refractivity contribution in [3.05, 3.63) is 27.1 Å². The van der Waals surface area contributed by atoms with E-state index in [-0.39, 0.29) is 11.5 Å². The van der Waals surface area contributed by atoms with Gasteiger partial charge in [-0.3, -0.25) is 9.59 Å². The Morgan fingerprint density at radius 2 is 1.96 bits per heavy atom. The molecule has 1 N–H and O–H groups in total. The summed E-state index contributed by atoms with van der Waals surface area (Å²) >= 11 is 1.29. The second-order valence-electron chi connectivity index (χ2n) is 5.92. The molecule has 0 saturated heterocycles. The Balaban J connectivity index is 1.95. The van der Waals surface area contributed by atoms with Crippen LogP contribution in [0.4, 0.5) is 0 Å². The minimum atomic E-state index is -0.0984. The molecule has 0 bridgehead atoms. The molecule has 1 amide bonds. The van der Waals surface area contributed by atoms with Gasteiger partial charge in [0.15, 0.2) is 0 Å². The maximum absolute atomic E-state index is 12.3. The lowest BCUT2D eigenvalue weighted by atomic mass is 10.1. The summed E-state index contributed by atoms with van der Waals surface area (Å²) in [7, 11) is 1.67. The van der Waals surface area contributed by atoms with Gasteiger partial charge in [-0.25, -0.2) is 4.98 Å². The van der Waals surface area contributed by atoms with Gasteiger partial charge >= 0.3 is 0 Å². The number of hydrogen-bond acceptors (Lipinski definition) is 4. The molecule has 0 fully saturated rings. The minimum Gasteiger partial charge on any atom is -0.351 e. The molecule has 23 heavy (non-hydrogen) atoms. The molecular formula is C17H25N3O2S. The minimum absolute atomic E-state index is 0.0962. The van der Waals surface area contributed by atoms with Crippen LogP contribution < -0.4 is 10.9 Å². The monoisotopic (exact) mass is 335 g/mol. The fourth-order valence-corrected chi connectivity index (χ4v) is 3.67. The molecule has 2 aromatic rings. The van der Waals surface area contributed by atoms with Gasteiger partial charge in [0.1, 0.15) is 4.83 Å². The number of nitrogens with one attached hydrogen (secondary N) is 1. The van der Waals surface area contributed by atoms with E-state index in [2.05, 4.69) is 17.2 Å². The predicted molar refractivity (Wildman–Crippen MR) is 95.3 cm³/mol. The molecular weight excluding hydrogens is 310 g/mol. The van der Waals surface area contributed by atoms with Crippen molar-refractivity contribution in [1.29, 1.82) is 0 Å². The van der Waals surface area contributed by atoms with Gasteiger partial charge in [-0.1, -0.05) is 39.0 Å². The quantitative estimate of drug-likeness (QED) is 0.752. The molecule has 0 unspecified atom stereocenters. The number of aromatic nitrogens is 2. The van der Waals surface area contributed by atoms with E-state index in [1.807, 2.05) is 6.92 Å². The van der Waals surface area contributed by atoms with Crippen LogP contribution in [0.2, 0.25) is 0 Å². The zero-order chi connectivity index (χ0) is 16.8. The number of rotatable bonds is 8. The van der Waals surface area contributed by atoms with E-state index in [0.29, 0.717) is 21.6 Å². The Bertz CT molecular complexity index is 733. The number of amides is 1. The standard InChI is InChI=1S/C17H25N3O2S/c1-4-5-6-7-8-9-10-18-15(21)14-12(2)13-16(23-14)19-11-20(3)17(13)22/h11H,4-10H2,1-3H3,(H,18,21). The topological polar surface area (TPSA) is 64.0 Å². The van der Waals surface area contributed by atoms with E-state index < -0.39 is 0 Å². The highest BCUT2D eigenvalue weighted by Gasteiger charge is 2.18. The van der Waals surface area contributed by atoms with Crippen molar-refractivity contribution in [2.24, 2.45) is 7.05 Å². The van der Waals surface area contributed by atoms with Gasteiger partial charge in [0, 0.05) is 13.6 Å². The summed E-state index contributed by atoms with van der Waals surface area (Å²) < 4.78 is 1.44. The Labute approximate surface area is 140 Å². The van der Waals surface area contributed by atoms with E-state index in [0.717, 1.165) is 18.4 Å². The second-order valence-corrected chi connectivity index (χ2v) is 6.92. The molecule has 0 radical (unpaired) electrons. The first-order valence-corrected chi connectivity index (χ1v) is 9.10. The Hall–Kier alpha value is -1.69. The van der Waals surface area contributed by atoms with Crippen LogP contribution in [0, 0.1) is 6.92 Å². The van der Waals surface area contributed by atoms with Crippen molar-refractivity contribution >= 4 is 27.5 Å². The van der Waals surface area contributed by atoms with E-state index in [9.17, 15) is 9.59 Å². The second kappa shape index (κ2) is 8.24. The maximum Gasteiger partial charge on any atom is 0.262 e. The third-order valence-electron chi connectivity index (χ3n) is 4.03. The molecule has 0 saturated carbocycles. The number of carbonyl (C=O) groups excluding carboxylic acids is 1. The van der Waals surface area contributed by atoms with Crippen molar-refractivity contribution in [2.45, 2.75) is 52.4 Å². The van der Waals surface area contributed by atoms with E-state index in [1.165, 1.54) is 47.9 Å². The zero-order valence-electron chi connectivity index (χ0n) is 14.1. The Kier molecular flexibility index (Phi) is 6.33. The highest BCUT2D eigenvalue weighted by molar-refractivity contribution is 7.20. The van der Waals surface area contributed by atoms with E-state index in [1.54, 1.807) is 7.05 Å². The average molecular weight is 335 g/mol. The molecule has 5 nitrogen and oxygen atoms in total. The summed E-state index contributed by atoms with van der Waals surface area (Å²) in [6, 6.07) is 0. The number of aryl methyl sites for hydroxylation is 2. The first-order valence-electron chi connectivity index (χ1n) is 8.29. The largest absolute Gasteiger partial charge is 0.351 e. The van der Waals surface area contributed by atoms with Crippen molar-refractivity contribution in [1.82, 2.24) is 14.9 Å². The van der Waals surface area contributed by atoms with Crippen molar-refractivity contribution in [3.8, 4) is 0 Å². The Morgan fingerprint density at radius 3 is 2.70 bits per heavy atom. The summed E-state index contributed by atoms with van der Waals surface area (Å²) in [5, 5.41) is 3.52. The van der Waals surface area contributed by atoms with Gasteiger partial charge in [-0.2, -0.15) is 0 Å². The molecule has 0 spiro atoms. The van der Waals surface area contributed by atoms with Crippen LogP contribution in [0.5, 0.6) is 0 Å². The fraction of sp³-hybridized carbons (Fsp3) is 0.588. The van der Waals surface area contributed by atoms with Gasteiger partial charge in [-0.15, -0.1) is 11.3 Å². The molecule has 0 atom stereocenters. The summed E-state index contributed by atoms with van der Waals surface area (Å²) in [6.07, 6.45) is 8.68. The number of carbonyl (C=O) groups is 1. The highest BCUT2D eigenvalue weighted by atomic mass is 32.1. The number of unbranched alkanes of at least 4 members (excludes halogenated alkanes) is 5. The average Bonchev–Trinajstić information content (AvgIpc) is 2.87. The maximum atomic E-state index is 12.3. The number of nitrogens with zero attached hydrogens (tertiary/aromatic N) is 2. The molecule has 0 aliphatic rings. The van der Waals surface area contributed by atoms with Gasteiger partial charge in [0.2, 0.25) is 0 Å². The molecule has 2 rings (SSSR count). The highest BCUT2D eigenvalue weighted by Crippen LogP contribution is 2.26. The smallest absolute Gasteiger partial charge is 0.262 e. The fourth-order valence-electron chi connectivity index (χ4n) is 2.61. The zero-order valence-corrected chi connectivity index (χ0v) is 15.0. The normalized spacial score (nSPS) is 11.1. The Morgan fingerprint density at radius 1 is 1.26 bits per heavy atom. The van der Waals surface area contributed by atoms with Crippen molar-refractivity contribution < 1.29 is 4.79 Å². The van der Waals surface area contributed by atoms with Gasteiger partial charge in [-0.05, 0) is 18.9 Å². The van der Waals surface area contributed by atoms with Crippen LogP contribution >= 0.6 is 11.3 Å². The molecule has 126 valence electrons. The first kappa shape index (κ1) is 17.7. The van der Waals surface area contributed by atoms with Crippen molar-refractivity contribution in [3.63, 3.8) is 0 Å². The van der Waals surface area contributed by atoms with Crippen LogP contribution in [0.25, 0.3) is 10.2 Å². The van der Waals surface area contributed by atoms with Gasteiger partial charge in [0.25, 0.3) is 11.5 Å². The summed E-state index contributed by atoms with van der Waals surface area (Å²) in [4.78, 5) is 30.0. The lowest BCUT2D eigenvalue weighted by Gasteiger charge is -2.04. The molecule has 2 aromatic heterocycles. The van der Waals surface area contributed by atoms with Crippen LogP contribution in [0.3, 0.4) is 0 Å². The SMILES string of the molecule is CCCCCCCCNC(=O)c1sc2ncn(C)c(=O)c2c1C. The number of hydrogen-bond donors (Lipinski definition) is 1. The van der Waals surface area contributed by atoms with Crippen molar-refractivity contribution in [2.75, 3.05) is 6.54 Å². The molecule has 0 aliphatic carbocycles. The summed E-state index contributed by atoms with van der Waals surface area (Å²) in [5.74, 6) is -0.0962. The third-order valence-corrected chi connectivity index (χ3v) is 5.23. The lowest BCUT2D eigenvalue weighted by Crippen LogP contribution is -2.24. The summed E-state index contributed by atoms with van der Waals surface area (Å²) in [5.41, 5.74) is 0.637. The van der Waals surface area contributed by atoms with Crippen LogP contribution in [0.1, 0.15) is 60.7 Å².